The molecule has 0 fully saturated rings. The quantitative estimate of drug-likeness (QED) is 0.700. The van der Waals surface area contributed by atoms with Gasteiger partial charge in [0.1, 0.15) is 24.2 Å². The van der Waals surface area contributed by atoms with Crippen LogP contribution in [0.15, 0.2) is 23.4 Å². The highest BCUT2D eigenvalue weighted by atomic mass is 35.5. The number of aliphatic hydroxyl groups excluding tert-OH is 2. The maximum atomic E-state index is 14.6. The average molecular weight is 312 g/mol. The lowest BCUT2D eigenvalue weighted by molar-refractivity contribution is 0.00161. The van der Waals surface area contributed by atoms with Crippen LogP contribution in [0.3, 0.4) is 0 Å². The van der Waals surface area contributed by atoms with Gasteiger partial charge in [-0.2, -0.15) is 14.4 Å². The molecule has 3 heterocycles. The van der Waals surface area contributed by atoms with E-state index in [1.807, 2.05) is 0 Å². The van der Waals surface area contributed by atoms with Crippen LogP contribution in [-0.2, 0) is 4.74 Å². The first-order chi connectivity index (χ1) is 9.97. The second kappa shape index (κ2) is 3.62. The van der Waals surface area contributed by atoms with E-state index < -0.39 is 18.2 Å². The molecule has 108 valence electrons. The van der Waals surface area contributed by atoms with Crippen LogP contribution < -0.4 is 5.73 Å². The van der Waals surface area contributed by atoms with Crippen LogP contribution in [0.2, 0.25) is 5.28 Å². The predicted molar refractivity (Wildman–Crippen MR) is 69.6 cm³/mol. The third-order valence-corrected chi connectivity index (χ3v) is 3.51. The van der Waals surface area contributed by atoms with E-state index in [-0.39, 0.29) is 39.3 Å². The number of nitrogen functional groups attached to an aromatic ring is 1. The van der Waals surface area contributed by atoms with Crippen molar-refractivity contribution in [1.29, 1.82) is 0 Å². The Balaban J connectivity index is 1.93. The second-order valence-corrected chi connectivity index (χ2v) is 4.85. The van der Waals surface area contributed by atoms with Gasteiger partial charge in [0.15, 0.2) is 28.5 Å². The van der Waals surface area contributed by atoms with Crippen molar-refractivity contribution in [3.8, 4) is 0 Å². The van der Waals surface area contributed by atoms with Crippen LogP contribution in [-0.4, -0.2) is 42.2 Å². The molecule has 0 amide bonds. The van der Waals surface area contributed by atoms with Gasteiger partial charge in [0, 0.05) is 0 Å². The fraction of sp³-hybridized carbons (Fsp3) is 0.182. The Hall–Kier alpha value is -2.39. The van der Waals surface area contributed by atoms with Crippen molar-refractivity contribution in [3.05, 3.63) is 28.7 Å². The Kier molecular flexibility index (Phi) is 2.13. The van der Waals surface area contributed by atoms with Gasteiger partial charge in [0.05, 0.1) is 0 Å². The molecule has 2 aliphatic rings. The molecular weight excluding hydrogens is 305 g/mol. The van der Waals surface area contributed by atoms with Crippen LogP contribution in [0.25, 0.3) is 16.9 Å². The number of nitrogens with zero attached hydrogens (tertiary/aromatic N) is 4. The lowest BCUT2D eigenvalue weighted by atomic mass is 10.3. The molecule has 1 atom stereocenters. The van der Waals surface area contributed by atoms with Gasteiger partial charge in [-0.1, -0.05) is 0 Å². The molecule has 4 rings (SSSR count). The number of aliphatic hydroxyl groups is 2. The highest BCUT2D eigenvalue weighted by molar-refractivity contribution is 6.28. The molecule has 2 aromatic heterocycles. The van der Waals surface area contributed by atoms with Crippen molar-refractivity contribution in [3.63, 3.8) is 0 Å². The van der Waals surface area contributed by atoms with Gasteiger partial charge in [-0.3, -0.25) is 4.57 Å². The van der Waals surface area contributed by atoms with Gasteiger partial charge in [0.25, 0.3) is 0 Å². The Morgan fingerprint density at radius 2 is 2.24 bits per heavy atom. The van der Waals surface area contributed by atoms with E-state index in [0.29, 0.717) is 0 Å². The fourth-order valence-electron chi connectivity index (χ4n) is 2.39. The van der Waals surface area contributed by atoms with Crippen LogP contribution in [0, 0.1) is 0 Å². The van der Waals surface area contributed by atoms with Gasteiger partial charge in [-0.25, -0.2) is 4.98 Å². The smallest absolute Gasteiger partial charge is 0.322 e. The Morgan fingerprint density at radius 1 is 1.48 bits per heavy atom. The number of alkyl halides is 1. The topological polar surface area (TPSA) is 119 Å². The predicted octanol–water partition coefficient (Wildman–Crippen LogP) is 0.744. The Morgan fingerprint density at radius 3 is 2.86 bits per heavy atom. The van der Waals surface area contributed by atoms with E-state index >= 15 is 0 Å². The monoisotopic (exact) mass is 311 g/mol. The van der Waals surface area contributed by atoms with Gasteiger partial charge in [-0.15, -0.1) is 0 Å². The number of hydrogen-bond donors (Lipinski definition) is 3. The maximum Gasteiger partial charge on any atom is 0.322 e. The highest BCUT2D eigenvalue weighted by Gasteiger charge is 2.66. The summed E-state index contributed by atoms with van der Waals surface area (Å²) >= 11 is 5.73. The molecule has 4 N–H and O–H groups in total. The van der Waals surface area contributed by atoms with Crippen molar-refractivity contribution < 1.29 is 19.3 Å². The molecule has 0 spiro atoms. The molecule has 8 nitrogen and oxygen atoms in total. The number of rotatable bonds is 2. The zero-order valence-electron chi connectivity index (χ0n) is 10.2. The summed E-state index contributed by atoms with van der Waals surface area (Å²) in [5, 5.41) is 18.6. The summed E-state index contributed by atoms with van der Waals surface area (Å²) in [4.78, 5) is 11.7. The Labute approximate surface area is 121 Å². The summed E-state index contributed by atoms with van der Waals surface area (Å²) in [5.74, 6) is -2.87. The number of imidazole rings is 1. The minimum atomic E-state index is -2.29. The number of halogens is 2. The number of aromatic nitrogens is 4. The number of hydrogen-bond acceptors (Lipinski definition) is 7. The van der Waals surface area contributed by atoms with Crippen molar-refractivity contribution in [1.82, 2.24) is 19.5 Å². The molecule has 21 heavy (non-hydrogen) atoms. The van der Waals surface area contributed by atoms with E-state index in [1.54, 1.807) is 0 Å². The molecule has 0 saturated heterocycles. The van der Waals surface area contributed by atoms with E-state index in [4.69, 9.17) is 27.2 Å². The van der Waals surface area contributed by atoms with Crippen molar-refractivity contribution in [2.45, 2.75) is 5.85 Å². The van der Waals surface area contributed by atoms with Gasteiger partial charge in [0.2, 0.25) is 5.28 Å². The van der Waals surface area contributed by atoms with E-state index in [1.165, 1.54) is 10.9 Å². The first-order valence-corrected chi connectivity index (χ1v) is 6.18. The molecule has 10 heteroatoms. The van der Waals surface area contributed by atoms with Crippen LogP contribution in [0.4, 0.5) is 10.2 Å². The van der Waals surface area contributed by atoms with Crippen LogP contribution >= 0.6 is 11.6 Å². The van der Waals surface area contributed by atoms with Gasteiger partial charge >= 0.3 is 5.85 Å². The number of ether oxygens (including phenoxy) is 1. The largest absolute Gasteiger partial charge is 0.504 e. The third kappa shape index (κ3) is 1.39. The number of nitrogens with two attached hydrogens (primary N) is 1. The molecule has 0 saturated carbocycles. The summed E-state index contributed by atoms with van der Waals surface area (Å²) in [6, 6.07) is 0. The van der Waals surface area contributed by atoms with E-state index in [0.717, 1.165) is 0 Å². The summed E-state index contributed by atoms with van der Waals surface area (Å²) < 4.78 is 20.8. The summed E-state index contributed by atoms with van der Waals surface area (Å²) in [5.41, 5.74) is 6.07. The maximum absolute atomic E-state index is 14.6. The summed E-state index contributed by atoms with van der Waals surface area (Å²) in [6.07, 6.45) is 1.28. The van der Waals surface area contributed by atoms with Crippen molar-refractivity contribution in [2.75, 3.05) is 12.3 Å². The summed E-state index contributed by atoms with van der Waals surface area (Å²) in [6.45, 7) is -0.597. The highest BCUT2D eigenvalue weighted by Crippen LogP contribution is 2.60. The molecule has 0 bridgehead atoms. The standard InChI is InChI=1S/C11H7ClFN5O3/c12-10-16-8(14)5-9(17-10)18(2-15-5)7-4-6(20)3(1-19)21-11(4,7)13/h2,19-20H,1H2,(H2,14,16,17)/t11-/m0/s1. The zero-order valence-corrected chi connectivity index (χ0v) is 11.0. The van der Waals surface area contributed by atoms with E-state index in [2.05, 4.69) is 15.0 Å². The SMILES string of the molecule is Nc1nc(Cl)nc2c1ncn2C1=C2C(O)=C(CO)O[C@@]21F. The van der Waals surface area contributed by atoms with Crippen molar-refractivity contribution >= 4 is 34.3 Å². The average Bonchev–Trinajstić information content (AvgIpc) is 2.73. The third-order valence-electron chi connectivity index (χ3n) is 3.35. The lowest BCUT2D eigenvalue weighted by Crippen LogP contribution is -2.13. The second-order valence-electron chi connectivity index (χ2n) is 4.52. The Bertz CT molecular complexity index is 876. The molecule has 0 aromatic carbocycles. The van der Waals surface area contributed by atoms with Crippen molar-refractivity contribution in [2.24, 2.45) is 0 Å². The van der Waals surface area contributed by atoms with Gasteiger partial charge in [-0.05, 0) is 11.6 Å². The molecule has 2 aromatic rings. The molecule has 1 aliphatic heterocycles. The van der Waals surface area contributed by atoms with Crippen LogP contribution in [0.5, 0.6) is 0 Å². The first-order valence-electron chi connectivity index (χ1n) is 5.80. The normalized spacial score (nSPS) is 23.8. The van der Waals surface area contributed by atoms with Gasteiger partial charge < -0.3 is 20.7 Å². The molecule has 1 aliphatic carbocycles. The van der Waals surface area contributed by atoms with E-state index in [9.17, 15) is 9.50 Å². The van der Waals surface area contributed by atoms with Crippen LogP contribution in [0.1, 0.15) is 0 Å². The summed E-state index contributed by atoms with van der Waals surface area (Å²) in [7, 11) is 0. The first kappa shape index (κ1) is 12.4. The zero-order chi connectivity index (χ0) is 14.9. The minimum Gasteiger partial charge on any atom is -0.504 e. The molecular formula is C11H7ClFN5O3. The number of fused-ring (bicyclic) bond motifs is 2. The molecule has 0 radical (unpaired) electrons. The minimum absolute atomic E-state index is 0.0221. The fourth-order valence-corrected chi connectivity index (χ4v) is 2.56. The lowest BCUT2D eigenvalue weighted by Gasteiger charge is -2.10. The molecule has 0 unspecified atom stereocenters. The number of anilines is 1.